The molecule has 0 radical (unpaired) electrons. The van der Waals surface area contributed by atoms with E-state index in [2.05, 4.69) is 12.2 Å². The Hall–Kier alpha value is -0.220. The van der Waals surface area contributed by atoms with Gasteiger partial charge in [-0.25, -0.2) is 0 Å². The zero-order chi connectivity index (χ0) is 14.5. The lowest BCUT2D eigenvalue weighted by Gasteiger charge is -2.35. The monoisotopic (exact) mass is 287 g/mol. The molecule has 3 atom stereocenters. The fraction of sp³-hybridized carbons (Fsp3) is 0.933. The van der Waals surface area contributed by atoms with E-state index in [1.807, 2.05) is 27.8 Å². The smallest absolute Gasteiger partial charge is 0.316 e. The molecular weight excluding hydrogens is 258 g/mol. The summed E-state index contributed by atoms with van der Waals surface area (Å²) in [6.07, 6.45) is 5.00. The van der Waals surface area contributed by atoms with Crippen LogP contribution in [0, 0.1) is 5.92 Å². The number of thioether (sulfide) groups is 1. The van der Waals surface area contributed by atoms with Crippen LogP contribution in [0.2, 0.25) is 0 Å². The summed E-state index contributed by atoms with van der Waals surface area (Å²) in [5.74, 6) is 1.20. The van der Waals surface area contributed by atoms with Crippen LogP contribution < -0.4 is 5.32 Å². The van der Waals surface area contributed by atoms with Gasteiger partial charge in [-0.05, 0) is 53.0 Å². The maximum atomic E-state index is 11.8. The molecule has 4 heteroatoms. The topological polar surface area (TPSA) is 38.3 Å². The van der Waals surface area contributed by atoms with Crippen LogP contribution in [0.3, 0.4) is 0 Å². The third-order valence-electron chi connectivity index (χ3n) is 3.68. The quantitative estimate of drug-likeness (QED) is 0.788. The summed E-state index contributed by atoms with van der Waals surface area (Å²) in [6.45, 7) is 8.01. The molecule has 0 spiro atoms. The van der Waals surface area contributed by atoms with Crippen molar-refractivity contribution < 1.29 is 9.53 Å². The summed E-state index contributed by atoms with van der Waals surface area (Å²) in [7, 11) is 2.03. The fourth-order valence-electron chi connectivity index (χ4n) is 2.64. The number of carbonyl (C=O) groups excluding carboxylic acids is 1. The fourth-order valence-corrected chi connectivity index (χ4v) is 3.96. The first kappa shape index (κ1) is 16.8. The van der Waals surface area contributed by atoms with Crippen LogP contribution in [0.15, 0.2) is 0 Å². The van der Waals surface area contributed by atoms with Crippen molar-refractivity contribution in [3.05, 3.63) is 0 Å². The third-order valence-corrected chi connectivity index (χ3v) is 5.04. The van der Waals surface area contributed by atoms with Gasteiger partial charge in [-0.1, -0.05) is 13.3 Å². The Labute approximate surface area is 122 Å². The van der Waals surface area contributed by atoms with Crippen LogP contribution in [0.1, 0.15) is 53.4 Å². The molecule has 1 saturated carbocycles. The van der Waals surface area contributed by atoms with E-state index in [0.29, 0.717) is 17.0 Å². The standard InChI is InChI=1S/C15H29NO2S/c1-6-11-7-8-12(16-5)13(9-11)19-10-14(17)18-15(2,3)4/h11-13,16H,6-10H2,1-5H3. The van der Waals surface area contributed by atoms with Crippen LogP contribution in [0.5, 0.6) is 0 Å². The van der Waals surface area contributed by atoms with Crippen molar-refractivity contribution in [2.24, 2.45) is 5.92 Å². The molecule has 0 aromatic rings. The largest absolute Gasteiger partial charge is 0.459 e. The van der Waals surface area contributed by atoms with Crippen LogP contribution in [-0.2, 0) is 9.53 Å². The van der Waals surface area contributed by atoms with Gasteiger partial charge in [0.1, 0.15) is 5.60 Å². The summed E-state index contributed by atoms with van der Waals surface area (Å²) < 4.78 is 5.37. The Balaban J connectivity index is 2.42. The highest BCUT2D eigenvalue weighted by Gasteiger charge is 2.30. The molecule has 0 heterocycles. The molecule has 1 aliphatic rings. The lowest BCUT2D eigenvalue weighted by atomic mass is 9.84. The lowest BCUT2D eigenvalue weighted by Crippen LogP contribution is -2.41. The van der Waals surface area contributed by atoms with Crippen molar-refractivity contribution in [3.8, 4) is 0 Å². The van der Waals surface area contributed by atoms with E-state index in [1.54, 1.807) is 11.8 Å². The van der Waals surface area contributed by atoms with Gasteiger partial charge in [-0.3, -0.25) is 4.79 Å². The zero-order valence-corrected chi connectivity index (χ0v) is 13.8. The molecule has 1 N–H and O–H groups in total. The highest BCUT2D eigenvalue weighted by molar-refractivity contribution is 8.00. The molecular formula is C15H29NO2S. The number of nitrogens with one attached hydrogen (secondary N) is 1. The van der Waals surface area contributed by atoms with Gasteiger partial charge >= 0.3 is 5.97 Å². The number of ether oxygens (including phenoxy) is 1. The van der Waals surface area contributed by atoms with Crippen molar-refractivity contribution in [1.82, 2.24) is 5.32 Å². The van der Waals surface area contributed by atoms with E-state index in [9.17, 15) is 4.79 Å². The van der Waals surface area contributed by atoms with Gasteiger partial charge in [0.25, 0.3) is 0 Å². The summed E-state index contributed by atoms with van der Waals surface area (Å²) in [5, 5.41) is 3.94. The first-order chi connectivity index (χ1) is 8.85. The van der Waals surface area contributed by atoms with Gasteiger partial charge < -0.3 is 10.1 Å². The predicted octanol–water partition coefficient (Wildman–Crippen LogP) is 3.23. The molecule has 0 amide bonds. The zero-order valence-electron chi connectivity index (χ0n) is 13.0. The Kier molecular flexibility index (Phi) is 6.67. The van der Waals surface area contributed by atoms with Gasteiger partial charge in [0, 0.05) is 11.3 Å². The van der Waals surface area contributed by atoms with Crippen LogP contribution >= 0.6 is 11.8 Å². The van der Waals surface area contributed by atoms with E-state index in [4.69, 9.17) is 4.74 Å². The molecule has 3 unspecified atom stereocenters. The Morgan fingerprint density at radius 3 is 2.58 bits per heavy atom. The van der Waals surface area contributed by atoms with E-state index < -0.39 is 0 Å². The van der Waals surface area contributed by atoms with Crippen LogP contribution in [-0.4, -0.2) is 35.7 Å². The Morgan fingerprint density at radius 1 is 1.37 bits per heavy atom. The molecule has 3 nitrogen and oxygen atoms in total. The normalized spacial score (nSPS) is 28.2. The molecule has 0 saturated heterocycles. The SMILES string of the molecule is CCC1CCC(NC)C(SCC(=O)OC(C)(C)C)C1. The molecule has 19 heavy (non-hydrogen) atoms. The maximum absolute atomic E-state index is 11.8. The number of hydrogen-bond donors (Lipinski definition) is 1. The minimum atomic E-state index is -0.376. The molecule has 1 rings (SSSR count). The van der Waals surface area contributed by atoms with Gasteiger partial charge in [0.05, 0.1) is 5.75 Å². The first-order valence-electron chi connectivity index (χ1n) is 7.36. The van der Waals surface area contributed by atoms with E-state index in [1.165, 1.54) is 25.7 Å². The second-order valence-electron chi connectivity index (χ2n) is 6.42. The number of carbonyl (C=O) groups is 1. The summed E-state index contributed by atoms with van der Waals surface area (Å²) >= 11 is 1.76. The molecule has 0 aromatic carbocycles. The van der Waals surface area contributed by atoms with Crippen molar-refractivity contribution in [3.63, 3.8) is 0 Å². The summed E-state index contributed by atoms with van der Waals surface area (Å²) in [5.41, 5.74) is -0.376. The van der Waals surface area contributed by atoms with E-state index in [-0.39, 0.29) is 11.6 Å². The van der Waals surface area contributed by atoms with Gasteiger partial charge in [-0.2, -0.15) is 0 Å². The molecule has 1 aliphatic carbocycles. The second kappa shape index (κ2) is 7.53. The van der Waals surface area contributed by atoms with Crippen molar-refractivity contribution in [2.75, 3.05) is 12.8 Å². The maximum Gasteiger partial charge on any atom is 0.316 e. The summed E-state index contributed by atoms with van der Waals surface area (Å²) in [6, 6.07) is 0.537. The predicted molar refractivity (Wildman–Crippen MR) is 82.6 cm³/mol. The number of rotatable bonds is 5. The molecule has 0 aliphatic heterocycles. The lowest BCUT2D eigenvalue weighted by molar-refractivity contribution is -0.151. The second-order valence-corrected chi connectivity index (χ2v) is 7.65. The average molecular weight is 287 g/mol. The first-order valence-corrected chi connectivity index (χ1v) is 8.41. The minimum Gasteiger partial charge on any atom is -0.459 e. The molecule has 0 bridgehead atoms. The van der Waals surface area contributed by atoms with E-state index >= 15 is 0 Å². The Bertz CT molecular complexity index is 288. The van der Waals surface area contributed by atoms with Crippen LogP contribution in [0.25, 0.3) is 0 Å². The molecule has 112 valence electrons. The van der Waals surface area contributed by atoms with E-state index in [0.717, 1.165) is 5.92 Å². The molecule has 1 fully saturated rings. The minimum absolute atomic E-state index is 0.0917. The number of hydrogen-bond acceptors (Lipinski definition) is 4. The molecule has 0 aromatic heterocycles. The van der Waals surface area contributed by atoms with Gasteiger partial charge in [-0.15, -0.1) is 11.8 Å². The van der Waals surface area contributed by atoms with Gasteiger partial charge in [0.2, 0.25) is 0 Å². The third kappa shape index (κ3) is 6.17. The highest BCUT2D eigenvalue weighted by atomic mass is 32.2. The van der Waals surface area contributed by atoms with Crippen molar-refractivity contribution >= 4 is 17.7 Å². The van der Waals surface area contributed by atoms with Crippen molar-refractivity contribution in [2.45, 2.75) is 70.3 Å². The van der Waals surface area contributed by atoms with Crippen molar-refractivity contribution in [1.29, 1.82) is 0 Å². The highest BCUT2D eigenvalue weighted by Crippen LogP contribution is 2.34. The van der Waals surface area contributed by atoms with Gasteiger partial charge in [0.15, 0.2) is 0 Å². The Morgan fingerprint density at radius 2 is 2.05 bits per heavy atom. The van der Waals surface area contributed by atoms with Crippen LogP contribution in [0.4, 0.5) is 0 Å². The summed E-state index contributed by atoms with van der Waals surface area (Å²) in [4.78, 5) is 11.8. The average Bonchev–Trinajstić information content (AvgIpc) is 2.33. The number of esters is 1.